The standard InChI is InChI=1S/C14H12BrClFNO/c15-12-4-3-11(8-14(12)17)19-10-2-1-9(5-6-18)13(16)7-10/h1-4,7-8H,5-6,18H2. The molecule has 0 aliphatic rings. The van der Waals surface area contributed by atoms with Crippen LogP contribution in [0.15, 0.2) is 40.9 Å². The summed E-state index contributed by atoms with van der Waals surface area (Å²) < 4.78 is 19.3. The number of nitrogens with two attached hydrogens (primary N) is 1. The summed E-state index contributed by atoms with van der Waals surface area (Å²) in [6, 6.07) is 9.93. The molecule has 2 nitrogen and oxygen atoms in total. The summed E-state index contributed by atoms with van der Waals surface area (Å²) in [5.41, 5.74) is 6.46. The van der Waals surface area contributed by atoms with Gasteiger partial charge in [0.15, 0.2) is 0 Å². The molecule has 0 heterocycles. The van der Waals surface area contributed by atoms with Gasteiger partial charge >= 0.3 is 0 Å². The molecule has 0 saturated heterocycles. The highest BCUT2D eigenvalue weighted by Crippen LogP contribution is 2.29. The minimum Gasteiger partial charge on any atom is -0.457 e. The molecule has 0 unspecified atom stereocenters. The maximum atomic E-state index is 13.4. The van der Waals surface area contributed by atoms with Crippen molar-refractivity contribution in [2.75, 3.05) is 6.54 Å². The van der Waals surface area contributed by atoms with Gasteiger partial charge in [0.1, 0.15) is 17.3 Å². The third-order valence-corrected chi connectivity index (χ3v) is 3.56. The van der Waals surface area contributed by atoms with Crippen molar-refractivity contribution >= 4 is 27.5 Å². The van der Waals surface area contributed by atoms with E-state index in [1.807, 2.05) is 6.07 Å². The zero-order valence-electron chi connectivity index (χ0n) is 10.00. The first-order valence-corrected chi connectivity index (χ1v) is 6.88. The number of rotatable bonds is 4. The van der Waals surface area contributed by atoms with Crippen LogP contribution in [0, 0.1) is 5.82 Å². The Morgan fingerprint density at radius 2 is 1.84 bits per heavy atom. The first kappa shape index (κ1) is 14.3. The molecule has 0 bridgehead atoms. The number of hydrogen-bond acceptors (Lipinski definition) is 2. The highest BCUT2D eigenvalue weighted by molar-refractivity contribution is 9.10. The first-order chi connectivity index (χ1) is 9.10. The maximum absolute atomic E-state index is 13.4. The summed E-state index contributed by atoms with van der Waals surface area (Å²) in [6.45, 7) is 0.540. The SMILES string of the molecule is NCCc1ccc(Oc2ccc(Br)c(F)c2)cc1Cl. The van der Waals surface area contributed by atoms with Crippen LogP contribution >= 0.6 is 27.5 Å². The van der Waals surface area contributed by atoms with E-state index >= 15 is 0 Å². The van der Waals surface area contributed by atoms with Gasteiger partial charge in [-0.25, -0.2) is 4.39 Å². The average Bonchev–Trinajstić information content (AvgIpc) is 2.37. The molecule has 0 saturated carbocycles. The van der Waals surface area contributed by atoms with Crippen LogP contribution in [0.25, 0.3) is 0 Å². The maximum Gasteiger partial charge on any atom is 0.141 e. The Morgan fingerprint density at radius 3 is 2.47 bits per heavy atom. The predicted molar refractivity (Wildman–Crippen MR) is 78.4 cm³/mol. The second-order valence-electron chi connectivity index (χ2n) is 3.97. The lowest BCUT2D eigenvalue weighted by Gasteiger charge is -2.09. The Hall–Kier alpha value is -1.10. The average molecular weight is 345 g/mol. The normalized spacial score (nSPS) is 10.5. The largest absolute Gasteiger partial charge is 0.457 e. The fourth-order valence-electron chi connectivity index (χ4n) is 1.63. The van der Waals surface area contributed by atoms with Crippen molar-refractivity contribution in [3.05, 3.63) is 57.3 Å². The van der Waals surface area contributed by atoms with Gasteiger partial charge in [0.2, 0.25) is 0 Å². The molecule has 0 atom stereocenters. The van der Waals surface area contributed by atoms with Crippen LogP contribution < -0.4 is 10.5 Å². The Balaban J connectivity index is 2.19. The van der Waals surface area contributed by atoms with E-state index in [-0.39, 0.29) is 5.82 Å². The van der Waals surface area contributed by atoms with Crippen LogP contribution in [0.2, 0.25) is 5.02 Å². The second-order valence-corrected chi connectivity index (χ2v) is 5.23. The van der Waals surface area contributed by atoms with Crippen molar-refractivity contribution < 1.29 is 9.13 Å². The summed E-state index contributed by atoms with van der Waals surface area (Å²) in [6.07, 6.45) is 0.714. The number of halogens is 3. The van der Waals surface area contributed by atoms with Crippen molar-refractivity contribution in [3.63, 3.8) is 0 Å². The van der Waals surface area contributed by atoms with E-state index in [1.165, 1.54) is 6.07 Å². The Kier molecular flexibility index (Phi) is 4.80. The summed E-state index contributed by atoms with van der Waals surface area (Å²) in [5.74, 6) is 0.610. The van der Waals surface area contributed by atoms with Crippen molar-refractivity contribution in [2.24, 2.45) is 5.73 Å². The summed E-state index contributed by atoms with van der Waals surface area (Å²) in [5, 5.41) is 0.598. The Labute approximate surface area is 124 Å². The van der Waals surface area contributed by atoms with Gasteiger partial charge in [-0.3, -0.25) is 0 Å². The first-order valence-electron chi connectivity index (χ1n) is 5.71. The van der Waals surface area contributed by atoms with Gasteiger partial charge in [0, 0.05) is 11.1 Å². The molecule has 0 aliphatic heterocycles. The summed E-state index contributed by atoms with van der Waals surface area (Å²) >= 11 is 9.20. The number of hydrogen-bond donors (Lipinski definition) is 1. The number of benzene rings is 2. The van der Waals surface area contributed by atoms with Crippen molar-refractivity contribution in [1.29, 1.82) is 0 Å². The Morgan fingerprint density at radius 1 is 1.16 bits per heavy atom. The molecule has 2 aromatic carbocycles. The second kappa shape index (κ2) is 6.37. The highest BCUT2D eigenvalue weighted by atomic mass is 79.9. The van der Waals surface area contributed by atoms with Gasteiger partial charge in [-0.1, -0.05) is 17.7 Å². The quantitative estimate of drug-likeness (QED) is 0.884. The van der Waals surface area contributed by atoms with Gasteiger partial charge in [-0.15, -0.1) is 0 Å². The summed E-state index contributed by atoms with van der Waals surface area (Å²) in [4.78, 5) is 0. The van der Waals surface area contributed by atoms with Crippen LogP contribution in [-0.4, -0.2) is 6.54 Å². The molecule has 19 heavy (non-hydrogen) atoms. The fraction of sp³-hybridized carbons (Fsp3) is 0.143. The zero-order chi connectivity index (χ0) is 13.8. The summed E-state index contributed by atoms with van der Waals surface area (Å²) in [7, 11) is 0. The van der Waals surface area contributed by atoms with Crippen LogP contribution in [0.5, 0.6) is 11.5 Å². The Bertz CT molecular complexity index is 592. The lowest BCUT2D eigenvalue weighted by atomic mass is 10.1. The fourth-order valence-corrected chi connectivity index (χ4v) is 2.14. The van der Waals surface area contributed by atoms with Crippen molar-refractivity contribution in [3.8, 4) is 11.5 Å². The molecular weight excluding hydrogens is 333 g/mol. The number of ether oxygens (including phenoxy) is 1. The van der Waals surface area contributed by atoms with Crippen molar-refractivity contribution in [2.45, 2.75) is 6.42 Å². The molecule has 0 aliphatic carbocycles. The minimum absolute atomic E-state index is 0.372. The van der Waals surface area contributed by atoms with E-state index in [0.717, 1.165) is 5.56 Å². The van der Waals surface area contributed by atoms with Gasteiger partial charge < -0.3 is 10.5 Å². The van der Waals surface area contributed by atoms with E-state index < -0.39 is 0 Å². The van der Waals surface area contributed by atoms with Crippen LogP contribution in [0.1, 0.15) is 5.56 Å². The van der Waals surface area contributed by atoms with Gasteiger partial charge in [-0.2, -0.15) is 0 Å². The molecule has 100 valence electrons. The van der Waals surface area contributed by atoms with E-state index in [9.17, 15) is 4.39 Å². The molecule has 0 fully saturated rings. The lowest BCUT2D eigenvalue weighted by molar-refractivity contribution is 0.476. The van der Waals surface area contributed by atoms with Crippen LogP contribution in [0.3, 0.4) is 0 Å². The van der Waals surface area contributed by atoms with Crippen LogP contribution in [0.4, 0.5) is 4.39 Å². The predicted octanol–water partition coefficient (Wildman–Crippen LogP) is 4.54. The zero-order valence-corrected chi connectivity index (χ0v) is 12.3. The molecular formula is C14H12BrClFNO. The smallest absolute Gasteiger partial charge is 0.141 e. The third-order valence-electron chi connectivity index (χ3n) is 2.56. The van der Waals surface area contributed by atoms with Crippen LogP contribution in [-0.2, 0) is 6.42 Å². The molecule has 2 N–H and O–H groups in total. The minimum atomic E-state index is -0.372. The van der Waals surface area contributed by atoms with E-state index in [4.69, 9.17) is 22.1 Å². The third kappa shape index (κ3) is 3.69. The molecule has 5 heteroatoms. The van der Waals surface area contributed by atoms with Gasteiger partial charge in [0.05, 0.1) is 4.47 Å². The highest BCUT2D eigenvalue weighted by Gasteiger charge is 2.05. The molecule has 0 aromatic heterocycles. The molecule has 2 aromatic rings. The topological polar surface area (TPSA) is 35.2 Å². The van der Waals surface area contributed by atoms with E-state index in [2.05, 4.69) is 15.9 Å². The monoisotopic (exact) mass is 343 g/mol. The van der Waals surface area contributed by atoms with E-state index in [1.54, 1.807) is 24.3 Å². The molecule has 0 radical (unpaired) electrons. The molecule has 0 spiro atoms. The molecule has 2 rings (SSSR count). The van der Waals surface area contributed by atoms with Gasteiger partial charge in [-0.05, 0) is 58.7 Å². The van der Waals surface area contributed by atoms with Crippen molar-refractivity contribution in [1.82, 2.24) is 0 Å². The molecule has 0 amide bonds. The van der Waals surface area contributed by atoms with Gasteiger partial charge in [0.25, 0.3) is 0 Å². The lowest BCUT2D eigenvalue weighted by Crippen LogP contribution is -2.03. The van der Waals surface area contributed by atoms with E-state index in [0.29, 0.717) is 34.0 Å².